The zero-order valence-corrected chi connectivity index (χ0v) is 46.3. The van der Waals surface area contributed by atoms with Crippen molar-refractivity contribution in [1.82, 2.24) is 0 Å². The first-order valence-electron chi connectivity index (χ1n) is 29.1. The molecule has 0 aromatic carbocycles. The fourth-order valence-electron chi connectivity index (χ4n) is 8.52. The summed E-state index contributed by atoms with van der Waals surface area (Å²) < 4.78 is 34.9. The number of carbonyl (C=O) groups excluding carboxylic acids is 1. The van der Waals surface area contributed by atoms with Crippen LogP contribution in [0.5, 0.6) is 0 Å². The monoisotopic (exact) mass is 968 g/mol. The molecule has 0 radical (unpaired) electrons. The molecular weight excluding hydrogens is 854 g/mol. The van der Waals surface area contributed by atoms with Gasteiger partial charge in [-0.15, -0.1) is 0 Å². The highest BCUT2D eigenvalue weighted by atomic mass is 31.2. The molecule has 8 nitrogen and oxygen atoms in total. The average molecular weight is 969 g/mol. The summed E-state index contributed by atoms with van der Waals surface area (Å²) in [6.07, 6.45) is 62.2. The van der Waals surface area contributed by atoms with Crippen molar-refractivity contribution in [3.63, 3.8) is 0 Å². The number of unbranched alkanes of at least 4 members (excludes halogenated alkanes) is 37. The van der Waals surface area contributed by atoms with Crippen LogP contribution in [-0.4, -0.2) is 70.7 Å². The molecule has 67 heavy (non-hydrogen) atoms. The Hall–Kier alpha value is -1.02. The van der Waals surface area contributed by atoms with E-state index in [0.29, 0.717) is 24.1 Å². The second-order valence-electron chi connectivity index (χ2n) is 21.0. The Balaban J connectivity index is 4.04. The lowest BCUT2D eigenvalue weighted by atomic mass is 10.0. The van der Waals surface area contributed by atoms with E-state index in [1.54, 1.807) is 0 Å². The van der Waals surface area contributed by atoms with Crippen LogP contribution in [0.2, 0.25) is 0 Å². The third kappa shape index (κ3) is 55.8. The van der Waals surface area contributed by atoms with Crippen LogP contribution in [0.25, 0.3) is 0 Å². The maximum absolute atomic E-state index is 12.8. The van der Waals surface area contributed by atoms with Crippen molar-refractivity contribution < 1.29 is 37.3 Å². The average Bonchev–Trinajstić information content (AvgIpc) is 3.29. The molecule has 9 heteroatoms. The molecule has 0 N–H and O–H groups in total. The van der Waals surface area contributed by atoms with E-state index >= 15 is 0 Å². The number of hydrogen-bond acceptors (Lipinski definition) is 7. The van der Waals surface area contributed by atoms with E-state index in [2.05, 4.69) is 38.2 Å². The number of rotatable bonds is 55. The van der Waals surface area contributed by atoms with E-state index in [4.69, 9.17) is 18.5 Å². The molecule has 0 saturated carbocycles. The predicted octanol–water partition coefficient (Wildman–Crippen LogP) is 17.7. The van der Waals surface area contributed by atoms with Gasteiger partial charge in [0.05, 0.1) is 34.4 Å². The van der Waals surface area contributed by atoms with Crippen molar-refractivity contribution in [1.29, 1.82) is 0 Å². The van der Waals surface area contributed by atoms with Crippen LogP contribution in [0.4, 0.5) is 0 Å². The Kier molecular flexibility index (Phi) is 50.6. The lowest BCUT2D eigenvalue weighted by Crippen LogP contribution is -2.37. The predicted molar refractivity (Wildman–Crippen MR) is 287 cm³/mol. The van der Waals surface area contributed by atoms with Crippen LogP contribution in [0.15, 0.2) is 24.3 Å². The highest BCUT2D eigenvalue weighted by molar-refractivity contribution is 7.45. The van der Waals surface area contributed by atoms with Gasteiger partial charge in [0.25, 0.3) is 7.82 Å². The fourth-order valence-corrected chi connectivity index (χ4v) is 9.25. The smallest absolute Gasteiger partial charge is 0.306 e. The van der Waals surface area contributed by atoms with Gasteiger partial charge in [0.2, 0.25) is 0 Å². The molecule has 0 aliphatic carbocycles. The number of esters is 1. The maximum Gasteiger partial charge on any atom is 0.306 e. The minimum absolute atomic E-state index is 0.0282. The number of ether oxygens (including phenoxy) is 2. The molecule has 0 aromatic heterocycles. The van der Waals surface area contributed by atoms with Crippen molar-refractivity contribution in [2.75, 3.05) is 54.1 Å². The normalized spacial score (nSPS) is 13.6. The van der Waals surface area contributed by atoms with Gasteiger partial charge in [-0.25, -0.2) is 0 Å². The largest absolute Gasteiger partial charge is 0.756 e. The number of likely N-dealkylation sites (N-methyl/N-ethyl adjacent to an activating group) is 1. The van der Waals surface area contributed by atoms with Gasteiger partial charge in [-0.2, -0.15) is 0 Å². The van der Waals surface area contributed by atoms with Gasteiger partial charge >= 0.3 is 5.97 Å². The summed E-state index contributed by atoms with van der Waals surface area (Å²) >= 11 is 0. The van der Waals surface area contributed by atoms with Crippen LogP contribution in [0.3, 0.4) is 0 Å². The lowest BCUT2D eigenvalue weighted by molar-refractivity contribution is -0.870. The van der Waals surface area contributed by atoms with Gasteiger partial charge in [-0.1, -0.05) is 256 Å². The minimum atomic E-state index is -4.53. The Morgan fingerprint density at radius 2 is 0.821 bits per heavy atom. The third-order valence-corrected chi connectivity index (χ3v) is 14.0. The molecule has 0 rings (SSSR count). The van der Waals surface area contributed by atoms with E-state index < -0.39 is 13.9 Å². The van der Waals surface area contributed by atoms with Crippen molar-refractivity contribution in [3.05, 3.63) is 24.3 Å². The lowest BCUT2D eigenvalue weighted by Gasteiger charge is -2.28. The third-order valence-electron chi connectivity index (χ3n) is 13.0. The minimum Gasteiger partial charge on any atom is -0.756 e. The number of phosphoric ester groups is 1. The van der Waals surface area contributed by atoms with Crippen LogP contribution in [-0.2, 0) is 27.9 Å². The second kappa shape index (κ2) is 51.3. The summed E-state index contributed by atoms with van der Waals surface area (Å²) in [6.45, 7) is 5.46. The summed E-state index contributed by atoms with van der Waals surface area (Å²) in [4.78, 5) is 25.3. The summed E-state index contributed by atoms with van der Waals surface area (Å²) in [5.41, 5.74) is 0. The molecule has 2 atom stereocenters. The molecule has 398 valence electrons. The Morgan fingerprint density at radius 1 is 0.463 bits per heavy atom. The van der Waals surface area contributed by atoms with Gasteiger partial charge in [0.1, 0.15) is 19.3 Å². The Labute approximate surface area is 417 Å². The quantitative estimate of drug-likeness (QED) is 0.0197. The summed E-state index contributed by atoms with van der Waals surface area (Å²) in [5.74, 6) is -0.328. The van der Waals surface area contributed by atoms with Gasteiger partial charge < -0.3 is 27.9 Å². The van der Waals surface area contributed by atoms with E-state index in [0.717, 1.165) is 38.5 Å². The van der Waals surface area contributed by atoms with E-state index in [9.17, 15) is 14.3 Å². The molecule has 0 aliphatic rings. The van der Waals surface area contributed by atoms with E-state index in [1.165, 1.54) is 225 Å². The SMILES string of the molecule is CCCCCCC/C=C\C/C=C\CCCCCCCCCCCCOCC(COP(=O)([O-])OCC[N+](C)(C)C)OC(=O)CCCCCCCCCCCCCCCCCCCCCCCCC. The van der Waals surface area contributed by atoms with Crippen molar-refractivity contribution in [2.45, 2.75) is 290 Å². The molecule has 0 heterocycles. The Bertz CT molecular complexity index is 1120. The molecule has 0 saturated heterocycles. The van der Waals surface area contributed by atoms with Crippen molar-refractivity contribution in [3.8, 4) is 0 Å². The molecule has 0 spiro atoms. The first kappa shape index (κ1) is 66.0. The number of phosphoric acid groups is 1. The van der Waals surface area contributed by atoms with Crippen LogP contribution in [0, 0.1) is 0 Å². The van der Waals surface area contributed by atoms with Gasteiger partial charge in [0, 0.05) is 13.0 Å². The van der Waals surface area contributed by atoms with Gasteiger partial charge in [0.15, 0.2) is 0 Å². The number of carbonyl (C=O) groups is 1. The molecule has 0 fully saturated rings. The van der Waals surface area contributed by atoms with E-state index in [1.807, 2.05) is 21.1 Å². The summed E-state index contributed by atoms with van der Waals surface area (Å²) in [5, 5.41) is 0. The highest BCUT2D eigenvalue weighted by Gasteiger charge is 2.20. The molecular formula is C58H114NO7P. The van der Waals surface area contributed by atoms with Gasteiger partial charge in [-0.05, 0) is 44.9 Å². The first-order chi connectivity index (χ1) is 32.6. The Morgan fingerprint density at radius 3 is 1.21 bits per heavy atom. The highest BCUT2D eigenvalue weighted by Crippen LogP contribution is 2.38. The van der Waals surface area contributed by atoms with Crippen LogP contribution in [0.1, 0.15) is 284 Å². The molecule has 0 amide bonds. The fraction of sp³-hybridized carbons (Fsp3) is 0.914. The second-order valence-corrected chi connectivity index (χ2v) is 22.4. The summed E-state index contributed by atoms with van der Waals surface area (Å²) in [6, 6.07) is 0. The molecule has 0 aliphatic heterocycles. The molecule has 0 bridgehead atoms. The topological polar surface area (TPSA) is 94.1 Å². The van der Waals surface area contributed by atoms with Crippen molar-refractivity contribution in [2.24, 2.45) is 0 Å². The van der Waals surface area contributed by atoms with Crippen molar-refractivity contribution >= 4 is 13.8 Å². The summed E-state index contributed by atoms with van der Waals surface area (Å²) in [7, 11) is 1.37. The number of quaternary nitrogens is 1. The van der Waals surface area contributed by atoms with Crippen LogP contribution >= 0.6 is 7.82 Å². The first-order valence-corrected chi connectivity index (χ1v) is 30.5. The van der Waals surface area contributed by atoms with E-state index in [-0.39, 0.29) is 25.8 Å². The number of allylic oxidation sites excluding steroid dienone is 4. The maximum atomic E-state index is 12.8. The molecule has 2 unspecified atom stereocenters. The van der Waals surface area contributed by atoms with Crippen LogP contribution < -0.4 is 4.89 Å². The zero-order valence-electron chi connectivity index (χ0n) is 45.4. The number of hydrogen-bond donors (Lipinski definition) is 0. The number of nitrogens with zero attached hydrogens (tertiary/aromatic N) is 1. The van der Waals surface area contributed by atoms with Gasteiger partial charge in [-0.3, -0.25) is 9.36 Å². The zero-order chi connectivity index (χ0) is 49.0. The standard InChI is InChI=1S/C58H114NO7P/c1-6-8-10-12-14-16-18-20-22-24-26-28-30-31-33-35-37-39-41-43-45-47-49-51-58(60)66-57(56-65-67(61,62)64-54-52-59(3,4)5)55-63-53-50-48-46-44-42-40-38-36-34-32-29-27-25-23-21-19-17-15-13-11-9-7-2/h19,21,25,27,57H,6-18,20,22-24,26,28-56H2,1-5H3/b21-19-,27-25-. The molecule has 0 aromatic rings.